The van der Waals surface area contributed by atoms with Crippen LogP contribution in [0.25, 0.3) is 5.65 Å². The first kappa shape index (κ1) is 21.6. The van der Waals surface area contributed by atoms with Gasteiger partial charge in [0.05, 0.1) is 0 Å². The van der Waals surface area contributed by atoms with E-state index in [2.05, 4.69) is 32.7 Å². The highest BCUT2D eigenvalue weighted by Crippen LogP contribution is 2.26. The third kappa shape index (κ3) is 5.54. The summed E-state index contributed by atoms with van der Waals surface area (Å²) >= 11 is 0. The van der Waals surface area contributed by atoms with Crippen LogP contribution in [0.4, 0.5) is 0 Å². The van der Waals surface area contributed by atoms with Crippen LogP contribution in [-0.2, 0) is 11.2 Å². The van der Waals surface area contributed by atoms with E-state index < -0.39 is 0 Å². The van der Waals surface area contributed by atoms with Crippen molar-refractivity contribution in [3.8, 4) is 0 Å². The van der Waals surface area contributed by atoms with E-state index >= 15 is 0 Å². The van der Waals surface area contributed by atoms with E-state index in [4.69, 9.17) is 4.99 Å². The van der Waals surface area contributed by atoms with Crippen molar-refractivity contribution in [1.29, 1.82) is 0 Å². The lowest BCUT2D eigenvalue weighted by Crippen LogP contribution is -2.45. The number of carbonyl (C=O) groups is 1. The molecule has 4 rings (SSSR count). The second kappa shape index (κ2) is 10.6. The maximum atomic E-state index is 12.8. The molecule has 0 radical (unpaired) electrons. The molecular weight excluding hydrogens is 390 g/mol. The van der Waals surface area contributed by atoms with Gasteiger partial charge in [-0.25, -0.2) is 0 Å². The summed E-state index contributed by atoms with van der Waals surface area (Å²) in [6.45, 7) is 5.25. The normalized spacial score (nSPS) is 20.4. The highest BCUT2D eigenvalue weighted by molar-refractivity contribution is 5.81. The largest absolute Gasteiger partial charge is 0.357 e. The summed E-state index contributed by atoms with van der Waals surface area (Å²) in [5.41, 5.74) is 0.879. The summed E-state index contributed by atoms with van der Waals surface area (Å²) in [4.78, 5) is 19.6. The number of likely N-dealkylation sites (tertiary alicyclic amines) is 1. The molecule has 1 saturated heterocycles. The molecular formula is C23H35N7O. The molecule has 2 aromatic rings. The zero-order valence-electron chi connectivity index (χ0n) is 18.6. The van der Waals surface area contributed by atoms with Crippen molar-refractivity contribution in [2.24, 2.45) is 10.9 Å². The molecule has 0 bridgehead atoms. The number of rotatable bonds is 7. The van der Waals surface area contributed by atoms with Gasteiger partial charge in [-0.3, -0.25) is 14.2 Å². The number of pyridine rings is 1. The van der Waals surface area contributed by atoms with Crippen LogP contribution >= 0.6 is 0 Å². The molecule has 1 saturated carbocycles. The van der Waals surface area contributed by atoms with Crippen LogP contribution in [0.5, 0.6) is 0 Å². The van der Waals surface area contributed by atoms with Gasteiger partial charge in [0.25, 0.3) is 0 Å². The molecule has 1 aliphatic heterocycles. The summed E-state index contributed by atoms with van der Waals surface area (Å²) in [6.07, 6.45) is 10.5. The van der Waals surface area contributed by atoms with E-state index in [0.29, 0.717) is 12.5 Å². The molecule has 8 nitrogen and oxygen atoms in total. The second-order valence-corrected chi connectivity index (χ2v) is 8.66. The third-order valence-electron chi connectivity index (χ3n) is 6.35. The monoisotopic (exact) mass is 425 g/mol. The van der Waals surface area contributed by atoms with Gasteiger partial charge in [0.1, 0.15) is 5.82 Å². The smallest absolute Gasteiger partial charge is 0.225 e. The van der Waals surface area contributed by atoms with Crippen molar-refractivity contribution in [2.75, 3.05) is 26.2 Å². The van der Waals surface area contributed by atoms with Crippen LogP contribution in [-0.4, -0.2) is 63.6 Å². The van der Waals surface area contributed by atoms with E-state index in [1.54, 1.807) is 0 Å². The SMILES string of the molecule is CCNC(=NCCCc1nnc2ccccn12)NC1CCN(C(=O)C2CCCCC2)C1. The van der Waals surface area contributed by atoms with Crippen molar-refractivity contribution in [2.45, 2.75) is 64.3 Å². The molecule has 2 aliphatic rings. The van der Waals surface area contributed by atoms with Gasteiger partial charge in [-0.15, -0.1) is 10.2 Å². The highest BCUT2D eigenvalue weighted by atomic mass is 16.2. The van der Waals surface area contributed by atoms with E-state index in [9.17, 15) is 4.79 Å². The predicted molar refractivity (Wildman–Crippen MR) is 122 cm³/mol. The van der Waals surface area contributed by atoms with Crippen LogP contribution in [0, 0.1) is 5.92 Å². The topological polar surface area (TPSA) is 86.9 Å². The Hall–Kier alpha value is -2.64. The molecule has 0 spiro atoms. The van der Waals surface area contributed by atoms with E-state index in [-0.39, 0.29) is 12.0 Å². The van der Waals surface area contributed by atoms with Gasteiger partial charge >= 0.3 is 0 Å². The fourth-order valence-corrected chi connectivity index (χ4v) is 4.69. The molecule has 31 heavy (non-hydrogen) atoms. The Morgan fingerprint density at radius 3 is 2.90 bits per heavy atom. The Labute approximate surface area is 184 Å². The zero-order chi connectivity index (χ0) is 21.5. The molecule has 0 aromatic carbocycles. The van der Waals surface area contributed by atoms with Crippen molar-refractivity contribution >= 4 is 17.5 Å². The lowest BCUT2D eigenvalue weighted by Gasteiger charge is -2.26. The molecule has 2 aromatic heterocycles. The lowest BCUT2D eigenvalue weighted by atomic mass is 9.88. The minimum Gasteiger partial charge on any atom is -0.357 e. The average molecular weight is 426 g/mol. The first-order valence-electron chi connectivity index (χ1n) is 11.9. The molecule has 1 atom stereocenters. The lowest BCUT2D eigenvalue weighted by molar-refractivity contribution is -0.135. The Balaban J connectivity index is 1.25. The molecule has 168 valence electrons. The fraction of sp³-hybridized carbons (Fsp3) is 0.652. The summed E-state index contributed by atoms with van der Waals surface area (Å²) < 4.78 is 2.03. The zero-order valence-corrected chi connectivity index (χ0v) is 18.6. The highest BCUT2D eigenvalue weighted by Gasteiger charge is 2.31. The summed E-state index contributed by atoms with van der Waals surface area (Å²) in [5.74, 6) is 2.43. The van der Waals surface area contributed by atoms with Gasteiger partial charge < -0.3 is 15.5 Å². The number of fused-ring (bicyclic) bond motifs is 1. The van der Waals surface area contributed by atoms with E-state index in [1.807, 2.05) is 28.8 Å². The van der Waals surface area contributed by atoms with Crippen molar-refractivity contribution in [3.63, 3.8) is 0 Å². The van der Waals surface area contributed by atoms with Crippen molar-refractivity contribution in [1.82, 2.24) is 30.1 Å². The maximum absolute atomic E-state index is 12.8. The average Bonchev–Trinajstić information content (AvgIpc) is 3.44. The molecule has 8 heteroatoms. The standard InChI is InChI=1S/C23H35N7O/c1-2-24-23(25-14-8-12-21-28-27-20-11-6-7-15-30(20)21)26-19-13-16-29(17-19)22(31)18-9-4-3-5-10-18/h6-7,11,15,18-19H,2-5,8-10,12-14,16-17H2,1H3,(H2,24,25,26). The number of hydrogen-bond donors (Lipinski definition) is 2. The van der Waals surface area contributed by atoms with Gasteiger partial charge in [-0.2, -0.15) is 0 Å². The molecule has 2 N–H and O–H groups in total. The van der Waals surface area contributed by atoms with Gasteiger partial charge in [-0.1, -0.05) is 25.3 Å². The number of amides is 1. The minimum atomic E-state index is 0.252. The number of carbonyl (C=O) groups excluding carboxylic acids is 1. The Morgan fingerprint density at radius 1 is 1.19 bits per heavy atom. The Kier molecular flexibility index (Phi) is 7.38. The number of nitrogens with zero attached hydrogens (tertiary/aromatic N) is 5. The molecule has 1 unspecified atom stereocenters. The van der Waals surface area contributed by atoms with Crippen LogP contribution in [0.1, 0.15) is 57.7 Å². The summed E-state index contributed by atoms with van der Waals surface area (Å²) in [6, 6.07) is 6.20. The second-order valence-electron chi connectivity index (χ2n) is 8.66. The third-order valence-corrected chi connectivity index (χ3v) is 6.35. The Bertz CT molecular complexity index is 887. The number of hydrogen-bond acceptors (Lipinski definition) is 4. The summed E-state index contributed by atoms with van der Waals surface area (Å²) in [7, 11) is 0. The van der Waals surface area contributed by atoms with Crippen LogP contribution in [0.2, 0.25) is 0 Å². The first-order valence-corrected chi connectivity index (χ1v) is 11.9. The number of aromatic nitrogens is 3. The fourth-order valence-electron chi connectivity index (χ4n) is 4.69. The van der Waals surface area contributed by atoms with E-state index in [0.717, 1.165) is 69.2 Å². The quantitative estimate of drug-likeness (QED) is 0.404. The molecule has 1 aliphatic carbocycles. The van der Waals surface area contributed by atoms with Gasteiger partial charge in [0, 0.05) is 50.8 Å². The predicted octanol–water partition coefficient (Wildman–Crippen LogP) is 2.40. The number of aliphatic imine (C=N–C) groups is 1. The number of nitrogens with one attached hydrogen (secondary N) is 2. The summed E-state index contributed by atoms with van der Waals surface area (Å²) in [5, 5.41) is 15.4. The van der Waals surface area contributed by atoms with Crippen LogP contribution < -0.4 is 10.6 Å². The number of aryl methyl sites for hydroxylation is 1. The van der Waals surface area contributed by atoms with Crippen molar-refractivity contribution in [3.05, 3.63) is 30.2 Å². The van der Waals surface area contributed by atoms with Crippen LogP contribution in [0.15, 0.2) is 29.4 Å². The Morgan fingerprint density at radius 2 is 2.06 bits per heavy atom. The van der Waals surface area contributed by atoms with Gasteiger partial charge in [-0.05, 0) is 44.7 Å². The maximum Gasteiger partial charge on any atom is 0.225 e. The number of guanidine groups is 1. The van der Waals surface area contributed by atoms with E-state index in [1.165, 1.54) is 19.3 Å². The van der Waals surface area contributed by atoms with Crippen LogP contribution in [0.3, 0.4) is 0 Å². The minimum absolute atomic E-state index is 0.252. The first-order chi connectivity index (χ1) is 15.2. The van der Waals surface area contributed by atoms with Gasteiger partial charge in [0.15, 0.2) is 11.6 Å². The van der Waals surface area contributed by atoms with Crippen molar-refractivity contribution < 1.29 is 4.79 Å². The van der Waals surface area contributed by atoms with Gasteiger partial charge in [0.2, 0.25) is 5.91 Å². The molecule has 1 amide bonds. The molecule has 3 heterocycles. The molecule has 2 fully saturated rings.